The number of imidazole rings is 2. The van der Waals surface area contributed by atoms with Gasteiger partial charge in [-0.1, -0.05) is 58.9 Å². The molecule has 0 radical (unpaired) electrons. The van der Waals surface area contributed by atoms with Gasteiger partial charge in [-0.05, 0) is 69.1 Å². The zero-order chi connectivity index (χ0) is 44.0. The van der Waals surface area contributed by atoms with Crippen LogP contribution in [0, 0.1) is 18.8 Å². The lowest BCUT2D eigenvalue weighted by atomic mass is 9.92. The number of nitrogens with one attached hydrogen (secondary N) is 4. The van der Waals surface area contributed by atoms with Crippen LogP contribution >= 0.6 is 11.3 Å². The molecule has 4 atom stereocenters. The van der Waals surface area contributed by atoms with Gasteiger partial charge in [0.25, 0.3) is 0 Å². The highest BCUT2D eigenvalue weighted by Gasteiger charge is 2.39. The number of benzene rings is 2. The number of aliphatic imine (C=N–C) groups is 1. The van der Waals surface area contributed by atoms with Gasteiger partial charge in [0, 0.05) is 48.3 Å². The highest BCUT2D eigenvalue weighted by molar-refractivity contribution is 7.19. The molecule has 3 aliphatic heterocycles. The predicted octanol–water partition coefficient (Wildman–Crippen LogP) is 8.31. The number of nitrogens with zero attached hydrogens (tertiary/aromatic N) is 6. The summed E-state index contributed by atoms with van der Waals surface area (Å²) in [6.07, 6.45) is 8.13. The minimum absolute atomic E-state index is 0.0107. The second-order valence-corrected chi connectivity index (χ2v) is 18.7. The van der Waals surface area contributed by atoms with Crippen LogP contribution in [0.25, 0.3) is 43.9 Å². The number of aryl methyl sites for hydroxylation is 1. The fraction of sp³-hybridized carbons (Fsp3) is 0.468. The Balaban J connectivity index is 1.08. The molecule has 8 rings (SSSR count). The SMILES string of the molecule is C=C(N[C@H](C(=O)N1CCC[C@H]1c1ncc(-c2ccc(-c3ccc(-c4cnc([C@@H]5CCCN5C(=O)[C@@H](NC(=O)CC)C(C)C)[nH]4)c4c3CC(C)=N4)c3nc(C)sc23)[nH]1)C(C)C)OC. The van der Waals surface area contributed by atoms with Crippen molar-refractivity contribution in [2.24, 2.45) is 16.8 Å². The number of ether oxygens (including phenoxy) is 1. The third-order valence-corrected chi connectivity index (χ3v) is 13.5. The van der Waals surface area contributed by atoms with E-state index in [0.717, 1.165) is 103 Å². The molecule has 62 heavy (non-hydrogen) atoms. The first kappa shape index (κ1) is 42.8. The molecule has 3 amide bonds. The van der Waals surface area contributed by atoms with E-state index >= 15 is 0 Å². The van der Waals surface area contributed by atoms with Crippen molar-refractivity contribution in [3.8, 4) is 33.6 Å². The number of carbonyl (C=O) groups is 3. The quantitative estimate of drug-likeness (QED) is 0.0808. The molecule has 15 heteroatoms. The molecule has 326 valence electrons. The van der Waals surface area contributed by atoms with Crippen molar-refractivity contribution in [3.05, 3.63) is 71.3 Å². The normalized spacial score (nSPS) is 18.4. The summed E-state index contributed by atoms with van der Waals surface area (Å²) in [5, 5.41) is 7.07. The Hall–Kier alpha value is -5.83. The highest BCUT2D eigenvalue weighted by Crippen LogP contribution is 2.46. The minimum atomic E-state index is -0.585. The molecule has 3 aromatic heterocycles. The van der Waals surface area contributed by atoms with Crippen molar-refractivity contribution < 1.29 is 19.1 Å². The average Bonchev–Trinajstić information content (AvgIpc) is 4.11. The first-order chi connectivity index (χ1) is 29.8. The van der Waals surface area contributed by atoms with Gasteiger partial charge in [0.2, 0.25) is 17.7 Å². The Morgan fingerprint density at radius 2 is 1.39 bits per heavy atom. The number of fused-ring (bicyclic) bond motifs is 2. The molecule has 0 bridgehead atoms. The van der Waals surface area contributed by atoms with E-state index in [2.05, 4.69) is 58.4 Å². The van der Waals surface area contributed by atoms with Gasteiger partial charge in [-0.3, -0.25) is 19.4 Å². The van der Waals surface area contributed by atoms with E-state index in [4.69, 9.17) is 24.7 Å². The summed E-state index contributed by atoms with van der Waals surface area (Å²) in [7, 11) is 1.54. The number of carbonyl (C=O) groups excluding carboxylic acids is 3. The second-order valence-electron chi connectivity index (χ2n) is 17.5. The van der Waals surface area contributed by atoms with Gasteiger partial charge in [0.05, 0.1) is 63.9 Å². The number of aromatic nitrogens is 5. The van der Waals surface area contributed by atoms with Gasteiger partial charge >= 0.3 is 0 Å². The lowest BCUT2D eigenvalue weighted by Crippen LogP contribution is -2.51. The number of H-pyrrole nitrogens is 2. The summed E-state index contributed by atoms with van der Waals surface area (Å²) in [5.74, 6) is 1.68. The van der Waals surface area contributed by atoms with Crippen molar-refractivity contribution in [1.29, 1.82) is 0 Å². The van der Waals surface area contributed by atoms with Crippen molar-refractivity contribution in [3.63, 3.8) is 0 Å². The molecule has 0 unspecified atom stereocenters. The van der Waals surface area contributed by atoms with Crippen molar-refractivity contribution in [2.45, 2.75) is 111 Å². The van der Waals surface area contributed by atoms with Gasteiger partial charge in [-0.25, -0.2) is 15.0 Å². The molecule has 0 spiro atoms. The standard InChI is InChI=1S/C47H58N10O4S/c1-10-38(58)55-40(25(4)5)47(60)57-20-12-13-36(57)44-48-22-34(53-44)31-17-15-29(33-21-26(6)50-41(31)33)30-16-18-32(43-42(30)52-28(8)62-43)35-23-49-45(54-35)37-14-11-19-56(37)46(59)39(24(2)3)51-27(7)61-9/h15-18,22-25,36-37,39-40,51H,7,10-14,19-21H2,1-6,8-9H3,(H,48,53)(H,49,54)(H,55,58)/t36-,37-,39-,40-/m0/s1. The van der Waals surface area contributed by atoms with E-state index in [-0.39, 0.29) is 41.6 Å². The van der Waals surface area contributed by atoms with Crippen LogP contribution in [-0.4, -0.2) is 90.4 Å². The van der Waals surface area contributed by atoms with Gasteiger partial charge in [-0.15, -0.1) is 11.3 Å². The Bertz CT molecular complexity index is 2570. The molecule has 2 saturated heterocycles. The summed E-state index contributed by atoms with van der Waals surface area (Å²) < 4.78 is 6.31. The summed E-state index contributed by atoms with van der Waals surface area (Å²) >= 11 is 1.66. The smallest absolute Gasteiger partial charge is 0.246 e. The molecule has 6 heterocycles. The Morgan fingerprint density at radius 3 is 1.97 bits per heavy atom. The number of methoxy groups -OCH3 is 1. The van der Waals surface area contributed by atoms with Crippen LogP contribution in [0.5, 0.6) is 0 Å². The number of amides is 3. The van der Waals surface area contributed by atoms with Crippen LogP contribution < -0.4 is 10.6 Å². The average molecular weight is 859 g/mol. The zero-order valence-corrected chi connectivity index (χ0v) is 37.8. The van der Waals surface area contributed by atoms with Crippen molar-refractivity contribution >= 4 is 50.7 Å². The Labute approximate surface area is 367 Å². The molecule has 2 fully saturated rings. The fourth-order valence-electron chi connectivity index (χ4n) is 9.25. The van der Waals surface area contributed by atoms with Crippen LogP contribution in [0.2, 0.25) is 0 Å². The maximum atomic E-state index is 13.9. The summed E-state index contributed by atoms with van der Waals surface area (Å²) in [5.41, 5.74) is 9.83. The number of hydrogen-bond acceptors (Lipinski definition) is 10. The van der Waals surface area contributed by atoms with Crippen molar-refractivity contribution in [2.75, 3.05) is 20.2 Å². The van der Waals surface area contributed by atoms with Gasteiger partial charge in [0.15, 0.2) is 5.88 Å². The molecule has 3 aliphatic rings. The molecule has 2 aromatic carbocycles. The first-order valence-corrected chi connectivity index (χ1v) is 22.7. The largest absolute Gasteiger partial charge is 0.483 e. The summed E-state index contributed by atoms with van der Waals surface area (Å²) in [4.78, 5) is 70.9. The third kappa shape index (κ3) is 8.02. The molecule has 0 saturated carbocycles. The minimum Gasteiger partial charge on any atom is -0.483 e. The van der Waals surface area contributed by atoms with E-state index in [1.807, 2.05) is 56.8 Å². The lowest BCUT2D eigenvalue weighted by Gasteiger charge is -2.31. The molecule has 14 nitrogen and oxygen atoms in total. The van der Waals surface area contributed by atoms with Gasteiger partial charge in [-0.2, -0.15) is 0 Å². The molecule has 5 aromatic rings. The number of hydrogen-bond donors (Lipinski definition) is 4. The number of rotatable bonds is 14. The van der Waals surface area contributed by atoms with E-state index in [1.165, 1.54) is 0 Å². The van der Waals surface area contributed by atoms with E-state index in [9.17, 15) is 14.4 Å². The second kappa shape index (κ2) is 17.5. The van der Waals surface area contributed by atoms with Crippen molar-refractivity contribution in [1.82, 2.24) is 45.4 Å². The summed E-state index contributed by atoms with van der Waals surface area (Å²) in [6, 6.07) is 7.16. The zero-order valence-electron chi connectivity index (χ0n) is 37.0. The van der Waals surface area contributed by atoms with Crippen LogP contribution in [0.1, 0.15) is 108 Å². The molecule has 0 aliphatic carbocycles. The molecule has 4 N–H and O–H groups in total. The van der Waals surface area contributed by atoms with Crippen LogP contribution in [-0.2, 0) is 25.5 Å². The number of aromatic amines is 2. The third-order valence-electron chi connectivity index (χ3n) is 12.5. The van der Waals surface area contributed by atoms with Crippen LogP contribution in [0.15, 0.2) is 54.1 Å². The Morgan fingerprint density at radius 1 is 0.839 bits per heavy atom. The lowest BCUT2D eigenvalue weighted by molar-refractivity contribution is -0.138. The Kier molecular flexibility index (Phi) is 12.1. The summed E-state index contributed by atoms with van der Waals surface area (Å²) in [6.45, 7) is 19.0. The van der Waals surface area contributed by atoms with Crippen LogP contribution in [0.4, 0.5) is 5.69 Å². The maximum Gasteiger partial charge on any atom is 0.246 e. The van der Waals surface area contributed by atoms with Crippen LogP contribution in [0.3, 0.4) is 0 Å². The first-order valence-electron chi connectivity index (χ1n) is 21.9. The topological polar surface area (TPSA) is 174 Å². The van der Waals surface area contributed by atoms with E-state index in [1.54, 1.807) is 25.4 Å². The predicted molar refractivity (Wildman–Crippen MR) is 244 cm³/mol. The molecular weight excluding hydrogens is 801 g/mol. The van der Waals surface area contributed by atoms with Gasteiger partial charge in [0.1, 0.15) is 23.7 Å². The highest BCUT2D eigenvalue weighted by atomic mass is 32.1. The maximum absolute atomic E-state index is 13.9. The van der Waals surface area contributed by atoms with E-state index < -0.39 is 12.1 Å². The number of likely N-dealkylation sites (tertiary alicyclic amines) is 2. The number of thiazole rings is 1. The van der Waals surface area contributed by atoms with E-state index in [0.29, 0.717) is 31.8 Å². The monoisotopic (exact) mass is 858 g/mol. The fourth-order valence-corrected chi connectivity index (χ4v) is 10.2. The van der Waals surface area contributed by atoms with Gasteiger partial charge < -0.3 is 35.1 Å². The molecular formula is C47H58N10O4S.